The van der Waals surface area contributed by atoms with Gasteiger partial charge < -0.3 is 10.4 Å². The van der Waals surface area contributed by atoms with Crippen LogP contribution in [0.5, 0.6) is 0 Å². The van der Waals surface area contributed by atoms with E-state index in [1.807, 2.05) is 0 Å². The third-order valence-corrected chi connectivity index (χ3v) is 4.67. The number of nitrogens with one attached hydrogen (secondary N) is 1. The van der Waals surface area contributed by atoms with Crippen LogP contribution in [0.1, 0.15) is 38.5 Å². The highest BCUT2D eigenvalue weighted by Crippen LogP contribution is 2.48. The topological polar surface area (TPSA) is 32.3 Å². The summed E-state index contributed by atoms with van der Waals surface area (Å²) in [5, 5.41) is 12.8. The zero-order valence-electron chi connectivity index (χ0n) is 8.78. The van der Waals surface area contributed by atoms with Crippen LogP contribution >= 0.6 is 0 Å². The fourth-order valence-electron chi connectivity index (χ4n) is 3.70. The summed E-state index contributed by atoms with van der Waals surface area (Å²) in [5.41, 5.74) is 0. The van der Waals surface area contributed by atoms with Crippen LogP contribution in [0.2, 0.25) is 0 Å². The highest BCUT2D eigenvalue weighted by Gasteiger charge is 2.39. The molecule has 3 atom stereocenters. The first kappa shape index (κ1) is 9.17. The van der Waals surface area contributed by atoms with Gasteiger partial charge in [-0.1, -0.05) is 6.42 Å². The van der Waals surface area contributed by atoms with Gasteiger partial charge in [0.2, 0.25) is 0 Å². The molecule has 14 heavy (non-hydrogen) atoms. The van der Waals surface area contributed by atoms with Gasteiger partial charge in [0.25, 0.3) is 0 Å². The third-order valence-electron chi connectivity index (χ3n) is 4.67. The molecular weight excluding hydrogens is 174 g/mol. The number of hydrogen-bond acceptors (Lipinski definition) is 2. The van der Waals surface area contributed by atoms with Gasteiger partial charge in [0.1, 0.15) is 0 Å². The Labute approximate surface area is 86.1 Å². The van der Waals surface area contributed by atoms with Crippen LogP contribution in [-0.4, -0.2) is 23.8 Å². The lowest BCUT2D eigenvalue weighted by Gasteiger charge is -2.34. The molecule has 3 aliphatic rings. The molecule has 0 heterocycles. The highest BCUT2D eigenvalue weighted by atomic mass is 16.3. The summed E-state index contributed by atoms with van der Waals surface area (Å²) in [6, 6.07) is 0.629. The lowest BCUT2D eigenvalue weighted by atomic mass is 9.86. The van der Waals surface area contributed by atoms with Crippen LogP contribution in [-0.2, 0) is 0 Å². The second-order valence-electron chi connectivity index (χ2n) is 5.67. The van der Waals surface area contributed by atoms with Crippen LogP contribution in [0.3, 0.4) is 0 Å². The average molecular weight is 195 g/mol. The van der Waals surface area contributed by atoms with Gasteiger partial charge in [0.05, 0.1) is 6.10 Å². The van der Waals surface area contributed by atoms with Crippen molar-refractivity contribution >= 4 is 0 Å². The van der Waals surface area contributed by atoms with Crippen molar-refractivity contribution in [3.63, 3.8) is 0 Å². The van der Waals surface area contributed by atoms with Gasteiger partial charge in [-0.05, 0) is 56.4 Å². The van der Waals surface area contributed by atoms with Gasteiger partial charge in [0, 0.05) is 6.04 Å². The Balaban J connectivity index is 1.41. The number of fused-ring (bicyclic) bond motifs is 2. The van der Waals surface area contributed by atoms with Gasteiger partial charge in [0.15, 0.2) is 0 Å². The van der Waals surface area contributed by atoms with Gasteiger partial charge in [-0.2, -0.15) is 0 Å². The van der Waals surface area contributed by atoms with E-state index in [9.17, 15) is 5.11 Å². The summed E-state index contributed by atoms with van der Waals surface area (Å²) in [6.45, 7) is 1.22. The second kappa shape index (κ2) is 3.49. The normalized spacial score (nSPS) is 50.8. The van der Waals surface area contributed by atoms with Crippen molar-refractivity contribution in [2.24, 2.45) is 17.8 Å². The molecule has 3 rings (SSSR count). The number of hydrogen-bond donors (Lipinski definition) is 2. The molecule has 0 aromatic rings. The second-order valence-corrected chi connectivity index (χ2v) is 5.67. The lowest BCUT2D eigenvalue weighted by molar-refractivity contribution is 0.0597. The van der Waals surface area contributed by atoms with Gasteiger partial charge >= 0.3 is 0 Å². The summed E-state index contributed by atoms with van der Waals surface area (Å²) >= 11 is 0. The Hall–Kier alpha value is -0.0800. The molecular formula is C12H21NO. The molecule has 2 N–H and O–H groups in total. The van der Waals surface area contributed by atoms with Crippen LogP contribution < -0.4 is 5.32 Å². The minimum Gasteiger partial charge on any atom is -0.393 e. The summed E-state index contributed by atoms with van der Waals surface area (Å²) in [6.07, 6.45) is 7.95. The molecule has 0 aliphatic heterocycles. The van der Waals surface area contributed by atoms with Crippen molar-refractivity contribution < 1.29 is 5.11 Å². The van der Waals surface area contributed by atoms with Crippen LogP contribution in [0.25, 0.3) is 0 Å². The van der Waals surface area contributed by atoms with Crippen molar-refractivity contribution in [2.75, 3.05) is 6.54 Å². The van der Waals surface area contributed by atoms with E-state index >= 15 is 0 Å². The summed E-state index contributed by atoms with van der Waals surface area (Å²) in [4.78, 5) is 0. The van der Waals surface area contributed by atoms with Crippen molar-refractivity contribution in [1.82, 2.24) is 5.32 Å². The molecule has 3 fully saturated rings. The summed E-state index contributed by atoms with van der Waals surface area (Å²) in [7, 11) is 0. The molecule has 0 aromatic carbocycles. The Morgan fingerprint density at radius 3 is 2.50 bits per heavy atom. The standard InChI is InChI=1S/C12H21NO/c14-12-5-11(6-12)13-7-10-4-8-1-2-9(10)3-8/h8-14H,1-7H2. The maximum atomic E-state index is 9.18. The van der Waals surface area contributed by atoms with Crippen molar-refractivity contribution in [1.29, 1.82) is 0 Å². The van der Waals surface area contributed by atoms with E-state index in [1.54, 1.807) is 0 Å². The smallest absolute Gasteiger partial charge is 0.0570 e. The predicted molar refractivity (Wildman–Crippen MR) is 56.0 cm³/mol. The molecule has 0 radical (unpaired) electrons. The number of aliphatic hydroxyl groups excluding tert-OH is 1. The van der Waals surface area contributed by atoms with Crippen LogP contribution in [0.4, 0.5) is 0 Å². The SMILES string of the molecule is OC1CC(NCC2CC3CCC2C3)C1. The number of aliphatic hydroxyl groups is 1. The largest absolute Gasteiger partial charge is 0.393 e. The molecule has 0 spiro atoms. The maximum Gasteiger partial charge on any atom is 0.0570 e. The first-order valence-corrected chi connectivity index (χ1v) is 6.22. The first-order chi connectivity index (χ1) is 6.81. The molecule has 0 saturated heterocycles. The highest BCUT2D eigenvalue weighted by molar-refractivity contribution is 4.92. The fourth-order valence-corrected chi connectivity index (χ4v) is 3.70. The van der Waals surface area contributed by atoms with E-state index < -0.39 is 0 Å². The maximum absolute atomic E-state index is 9.18. The fraction of sp³-hybridized carbons (Fsp3) is 1.00. The quantitative estimate of drug-likeness (QED) is 0.716. The van der Waals surface area contributed by atoms with E-state index in [4.69, 9.17) is 0 Å². The van der Waals surface area contributed by atoms with Gasteiger partial charge in [-0.25, -0.2) is 0 Å². The van der Waals surface area contributed by atoms with Gasteiger partial charge in [-0.3, -0.25) is 0 Å². The van der Waals surface area contributed by atoms with E-state index in [-0.39, 0.29) is 6.10 Å². The van der Waals surface area contributed by atoms with E-state index in [2.05, 4.69) is 5.32 Å². The molecule has 3 aliphatic carbocycles. The first-order valence-electron chi connectivity index (χ1n) is 6.22. The van der Waals surface area contributed by atoms with Crippen molar-refractivity contribution in [3.8, 4) is 0 Å². The van der Waals surface area contributed by atoms with E-state index in [0.717, 1.165) is 30.6 Å². The molecule has 2 bridgehead atoms. The zero-order valence-corrected chi connectivity index (χ0v) is 8.78. The lowest BCUT2D eigenvalue weighted by Crippen LogP contribution is -2.46. The Morgan fingerprint density at radius 1 is 1.07 bits per heavy atom. The van der Waals surface area contributed by atoms with Crippen LogP contribution in [0.15, 0.2) is 0 Å². The Morgan fingerprint density at radius 2 is 1.93 bits per heavy atom. The minimum atomic E-state index is -0.00692. The average Bonchev–Trinajstić information content (AvgIpc) is 2.71. The van der Waals surface area contributed by atoms with E-state index in [0.29, 0.717) is 6.04 Å². The third kappa shape index (κ3) is 1.59. The molecule has 0 aromatic heterocycles. The van der Waals surface area contributed by atoms with E-state index in [1.165, 1.54) is 32.2 Å². The monoisotopic (exact) mass is 195 g/mol. The molecule has 2 heteroatoms. The van der Waals surface area contributed by atoms with Crippen molar-refractivity contribution in [3.05, 3.63) is 0 Å². The molecule has 2 nitrogen and oxygen atoms in total. The van der Waals surface area contributed by atoms with Crippen LogP contribution in [0, 0.1) is 17.8 Å². The molecule has 3 saturated carbocycles. The minimum absolute atomic E-state index is 0.00692. The Bertz CT molecular complexity index is 212. The number of rotatable bonds is 3. The summed E-state index contributed by atoms with van der Waals surface area (Å²) in [5.74, 6) is 3.07. The molecule has 0 amide bonds. The Kier molecular flexibility index (Phi) is 2.29. The van der Waals surface area contributed by atoms with Gasteiger partial charge in [-0.15, -0.1) is 0 Å². The zero-order chi connectivity index (χ0) is 9.54. The van der Waals surface area contributed by atoms with Crippen molar-refractivity contribution in [2.45, 2.75) is 50.7 Å². The molecule has 3 unspecified atom stereocenters. The predicted octanol–water partition coefficient (Wildman–Crippen LogP) is 1.54. The molecule has 80 valence electrons. The summed E-state index contributed by atoms with van der Waals surface area (Å²) < 4.78 is 0.